The van der Waals surface area contributed by atoms with Gasteiger partial charge in [0, 0.05) is 20.2 Å². The van der Waals surface area contributed by atoms with Crippen molar-refractivity contribution in [2.24, 2.45) is 4.99 Å². The number of terminal acetylenes is 1. The minimum absolute atomic E-state index is 0.454. The summed E-state index contributed by atoms with van der Waals surface area (Å²) in [6.45, 7) is 1.08. The molecular weight excluding hydrogens is 192 g/mol. The Morgan fingerprint density at radius 3 is 3.13 bits per heavy atom. The quantitative estimate of drug-likeness (QED) is 0.439. The van der Waals surface area contributed by atoms with E-state index in [4.69, 9.17) is 10.9 Å². The third-order valence-corrected chi connectivity index (χ3v) is 1.81. The SMILES string of the molecule is C#CCNC(=NC)N(C)Cc1ccon1. The first-order valence-corrected chi connectivity index (χ1v) is 4.52. The molecule has 0 unspecified atom stereocenters. The van der Waals surface area contributed by atoms with Crippen molar-refractivity contribution in [3.8, 4) is 12.3 Å². The lowest BCUT2D eigenvalue weighted by Gasteiger charge is -2.19. The zero-order valence-corrected chi connectivity index (χ0v) is 8.90. The molecule has 0 bridgehead atoms. The van der Waals surface area contributed by atoms with E-state index in [-0.39, 0.29) is 0 Å². The molecule has 0 radical (unpaired) electrons. The van der Waals surface area contributed by atoms with E-state index >= 15 is 0 Å². The lowest BCUT2D eigenvalue weighted by atomic mass is 10.4. The molecule has 1 N–H and O–H groups in total. The van der Waals surface area contributed by atoms with Gasteiger partial charge in [-0.2, -0.15) is 0 Å². The molecule has 0 fully saturated rings. The third kappa shape index (κ3) is 3.35. The normalized spacial score (nSPS) is 10.9. The first-order chi connectivity index (χ1) is 7.27. The summed E-state index contributed by atoms with van der Waals surface area (Å²) in [5, 5.41) is 6.83. The van der Waals surface area contributed by atoms with E-state index in [1.165, 1.54) is 0 Å². The molecule has 5 heteroatoms. The average molecular weight is 206 g/mol. The molecule has 0 saturated carbocycles. The molecule has 0 spiro atoms. The molecule has 0 saturated heterocycles. The molecule has 0 aliphatic carbocycles. The van der Waals surface area contributed by atoms with Gasteiger partial charge in [0.15, 0.2) is 5.96 Å². The number of rotatable bonds is 3. The van der Waals surface area contributed by atoms with Gasteiger partial charge in [0.25, 0.3) is 0 Å². The fraction of sp³-hybridized carbons (Fsp3) is 0.400. The summed E-state index contributed by atoms with van der Waals surface area (Å²) < 4.78 is 4.74. The Morgan fingerprint density at radius 1 is 1.80 bits per heavy atom. The van der Waals surface area contributed by atoms with Gasteiger partial charge in [-0.05, 0) is 0 Å². The van der Waals surface area contributed by atoms with Crippen LogP contribution < -0.4 is 5.32 Å². The number of nitrogens with one attached hydrogen (secondary N) is 1. The lowest BCUT2D eigenvalue weighted by molar-refractivity contribution is 0.391. The maximum Gasteiger partial charge on any atom is 0.194 e. The van der Waals surface area contributed by atoms with Crippen LogP contribution in [0.1, 0.15) is 5.69 Å². The molecular formula is C10H14N4O. The van der Waals surface area contributed by atoms with Crippen LogP contribution in [-0.2, 0) is 6.54 Å². The standard InChI is InChI=1S/C10H14N4O/c1-4-6-12-10(11-2)14(3)8-9-5-7-15-13-9/h1,5,7H,6,8H2,2-3H3,(H,11,12). The topological polar surface area (TPSA) is 53.7 Å². The maximum atomic E-state index is 5.15. The molecule has 5 nitrogen and oxygen atoms in total. The highest BCUT2D eigenvalue weighted by molar-refractivity contribution is 5.79. The highest BCUT2D eigenvalue weighted by Gasteiger charge is 2.06. The molecule has 15 heavy (non-hydrogen) atoms. The summed E-state index contributed by atoms with van der Waals surface area (Å²) >= 11 is 0. The van der Waals surface area contributed by atoms with Crippen molar-refractivity contribution in [3.63, 3.8) is 0 Å². The van der Waals surface area contributed by atoms with E-state index in [0.29, 0.717) is 13.1 Å². The first-order valence-electron chi connectivity index (χ1n) is 4.52. The highest BCUT2D eigenvalue weighted by Crippen LogP contribution is 1.99. The van der Waals surface area contributed by atoms with E-state index in [1.807, 2.05) is 18.0 Å². The van der Waals surface area contributed by atoms with Crippen molar-refractivity contribution in [3.05, 3.63) is 18.0 Å². The molecule has 0 aliphatic heterocycles. The number of nitrogens with zero attached hydrogens (tertiary/aromatic N) is 3. The second-order valence-electron chi connectivity index (χ2n) is 2.95. The van der Waals surface area contributed by atoms with E-state index in [1.54, 1.807) is 13.3 Å². The fourth-order valence-electron chi connectivity index (χ4n) is 1.15. The van der Waals surface area contributed by atoms with Crippen LogP contribution in [0.15, 0.2) is 21.8 Å². The molecule has 80 valence electrons. The van der Waals surface area contributed by atoms with Crippen LogP contribution in [0.3, 0.4) is 0 Å². The minimum Gasteiger partial charge on any atom is -0.364 e. The van der Waals surface area contributed by atoms with Gasteiger partial charge in [0.2, 0.25) is 0 Å². The molecule has 0 aromatic carbocycles. The lowest BCUT2D eigenvalue weighted by Crippen LogP contribution is -2.38. The van der Waals surface area contributed by atoms with Crippen LogP contribution in [0.4, 0.5) is 0 Å². The second kappa shape index (κ2) is 5.70. The molecule has 1 rings (SSSR count). The van der Waals surface area contributed by atoms with Crippen LogP contribution >= 0.6 is 0 Å². The van der Waals surface area contributed by atoms with Gasteiger partial charge in [0.05, 0.1) is 13.1 Å². The monoisotopic (exact) mass is 206 g/mol. The zero-order valence-electron chi connectivity index (χ0n) is 8.90. The highest BCUT2D eigenvalue weighted by atomic mass is 16.5. The van der Waals surface area contributed by atoms with Crippen molar-refractivity contribution in [1.29, 1.82) is 0 Å². The van der Waals surface area contributed by atoms with Gasteiger partial charge in [0.1, 0.15) is 12.0 Å². The molecule has 1 aromatic rings. The van der Waals surface area contributed by atoms with Crippen LogP contribution in [0, 0.1) is 12.3 Å². The van der Waals surface area contributed by atoms with Gasteiger partial charge in [-0.25, -0.2) is 0 Å². The number of hydrogen-bond donors (Lipinski definition) is 1. The van der Waals surface area contributed by atoms with Gasteiger partial charge in [-0.3, -0.25) is 4.99 Å². The van der Waals surface area contributed by atoms with E-state index in [0.717, 1.165) is 11.7 Å². The zero-order chi connectivity index (χ0) is 11.1. The number of aromatic nitrogens is 1. The van der Waals surface area contributed by atoms with E-state index < -0.39 is 0 Å². The van der Waals surface area contributed by atoms with Crippen molar-refractivity contribution in [1.82, 2.24) is 15.4 Å². The predicted octanol–water partition coefficient (Wildman–Crippen LogP) is 0.315. The van der Waals surface area contributed by atoms with Crippen LogP contribution in [0.2, 0.25) is 0 Å². The maximum absolute atomic E-state index is 5.15. The molecule has 1 aromatic heterocycles. The van der Waals surface area contributed by atoms with Crippen LogP contribution in [-0.4, -0.2) is 36.7 Å². The van der Waals surface area contributed by atoms with Crippen molar-refractivity contribution < 1.29 is 4.52 Å². The summed E-state index contributed by atoms with van der Waals surface area (Å²) in [5.41, 5.74) is 0.848. The van der Waals surface area contributed by atoms with Gasteiger partial charge >= 0.3 is 0 Å². The van der Waals surface area contributed by atoms with Crippen molar-refractivity contribution >= 4 is 5.96 Å². The van der Waals surface area contributed by atoms with Crippen LogP contribution in [0.5, 0.6) is 0 Å². The van der Waals surface area contributed by atoms with Crippen molar-refractivity contribution in [2.75, 3.05) is 20.6 Å². The molecule has 0 amide bonds. The predicted molar refractivity (Wildman–Crippen MR) is 58.2 cm³/mol. The summed E-state index contributed by atoms with van der Waals surface area (Å²) in [6, 6.07) is 1.81. The average Bonchev–Trinajstić information content (AvgIpc) is 2.71. The van der Waals surface area contributed by atoms with E-state index in [9.17, 15) is 0 Å². The largest absolute Gasteiger partial charge is 0.364 e. The summed E-state index contributed by atoms with van der Waals surface area (Å²) in [6.07, 6.45) is 6.70. The Bertz CT molecular complexity index is 350. The number of guanidine groups is 1. The number of hydrogen-bond acceptors (Lipinski definition) is 3. The van der Waals surface area contributed by atoms with Gasteiger partial charge in [-0.15, -0.1) is 6.42 Å². The summed E-state index contributed by atoms with van der Waals surface area (Å²) in [5.74, 6) is 3.23. The Morgan fingerprint density at radius 2 is 2.60 bits per heavy atom. The Hall–Kier alpha value is -1.96. The summed E-state index contributed by atoms with van der Waals surface area (Å²) in [7, 11) is 3.61. The summed E-state index contributed by atoms with van der Waals surface area (Å²) in [4.78, 5) is 6.00. The first kappa shape index (κ1) is 11.1. The minimum atomic E-state index is 0.454. The fourth-order valence-corrected chi connectivity index (χ4v) is 1.15. The Kier molecular flexibility index (Phi) is 4.23. The van der Waals surface area contributed by atoms with Crippen molar-refractivity contribution in [2.45, 2.75) is 6.54 Å². The second-order valence-corrected chi connectivity index (χ2v) is 2.95. The molecule has 1 heterocycles. The number of aliphatic imine (C=N–C) groups is 1. The van der Waals surface area contributed by atoms with Gasteiger partial charge in [-0.1, -0.05) is 11.1 Å². The molecule has 0 aliphatic rings. The van der Waals surface area contributed by atoms with Gasteiger partial charge < -0.3 is 14.7 Å². The Labute approximate surface area is 89.2 Å². The molecule has 0 atom stereocenters. The Balaban J connectivity index is 2.51. The smallest absolute Gasteiger partial charge is 0.194 e. The third-order valence-electron chi connectivity index (χ3n) is 1.81. The van der Waals surface area contributed by atoms with Crippen LogP contribution in [0.25, 0.3) is 0 Å². The van der Waals surface area contributed by atoms with E-state index in [2.05, 4.69) is 21.4 Å².